The molecule has 12 heavy (non-hydrogen) atoms. The first kappa shape index (κ1) is 10.4. The van der Waals surface area contributed by atoms with Crippen LogP contribution >= 0.6 is 0 Å². The minimum atomic E-state index is -0.523. The standard InChI is InChI=1S/C9H11N3/c1-8(2)4-6-12-9(7-11)3-5-10/h4,6,9H,3H2,1-2H3. The highest BCUT2D eigenvalue weighted by molar-refractivity contribution is 5.72. The Labute approximate surface area is 72.6 Å². The minimum absolute atomic E-state index is 0.156. The van der Waals surface area contributed by atoms with Crippen molar-refractivity contribution in [1.82, 2.24) is 0 Å². The lowest BCUT2D eigenvalue weighted by molar-refractivity contribution is 0.863. The molecule has 0 heterocycles. The van der Waals surface area contributed by atoms with E-state index in [-0.39, 0.29) is 6.42 Å². The average Bonchev–Trinajstić information content (AvgIpc) is 2.02. The molecule has 1 atom stereocenters. The van der Waals surface area contributed by atoms with E-state index in [9.17, 15) is 0 Å². The van der Waals surface area contributed by atoms with E-state index in [2.05, 4.69) is 4.99 Å². The molecule has 1 unspecified atom stereocenters. The zero-order chi connectivity index (χ0) is 9.40. The van der Waals surface area contributed by atoms with Gasteiger partial charge in [0.25, 0.3) is 0 Å². The lowest BCUT2D eigenvalue weighted by atomic mass is 10.2. The summed E-state index contributed by atoms with van der Waals surface area (Å²) in [6.45, 7) is 3.88. The van der Waals surface area contributed by atoms with Crippen molar-refractivity contribution >= 4 is 6.21 Å². The maximum atomic E-state index is 8.49. The van der Waals surface area contributed by atoms with Gasteiger partial charge in [0.05, 0.1) is 18.6 Å². The molecule has 0 rings (SSSR count). The summed E-state index contributed by atoms with van der Waals surface area (Å²) < 4.78 is 0. The van der Waals surface area contributed by atoms with E-state index in [4.69, 9.17) is 10.5 Å². The molecule has 0 radical (unpaired) electrons. The summed E-state index contributed by atoms with van der Waals surface area (Å²) in [7, 11) is 0. The van der Waals surface area contributed by atoms with E-state index >= 15 is 0 Å². The van der Waals surface area contributed by atoms with Crippen LogP contribution in [0.1, 0.15) is 20.3 Å². The number of hydrogen-bond donors (Lipinski definition) is 0. The molecule has 0 saturated carbocycles. The Morgan fingerprint density at radius 2 is 2.17 bits per heavy atom. The van der Waals surface area contributed by atoms with Crippen LogP contribution in [0.15, 0.2) is 16.6 Å². The second-order valence-electron chi connectivity index (χ2n) is 2.55. The van der Waals surface area contributed by atoms with E-state index in [1.165, 1.54) is 0 Å². The molecule has 0 aromatic heterocycles. The molecule has 3 heteroatoms. The summed E-state index contributed by atoms with van der Waals surface area (Å²) in [5.41, 5.74) is 1.12. The predicted molar refractivity (Wildman–Crippen MR) is 47.6 cm³/mol. The number of aliphatic imine (C=N–C) groups is 1. The van der Waals surface area contributed by atoms with Crippen molar-refractivity contribution in [2.75, 3.05) is 0 Å². The molecule has 0 fully saturated rings. The van der Waals surface area contributed by atoms with Crippen LogP contribution in [-0.4, -0.2) is 12.3 Å². The van der Waals surface area contributed by atoms with Gasteiger partial charge in [-0.25, -0.2) is 0 Å². The Bertz CT molecular complexity index is 258. The zero-order valence-corrected chi connectivity index (χ0v) is 7.28. The predicted octanol–water partition coefficient (Wildman–Crippen LogP) is 1.83. The molecule has 0 spiro atoms. The van der Waals surface area contributed by atoms with Crippen LogP contribution in [0.25, 0.3) is 0 Å². The van der Waals surface area contributed by atoms with Gasteiger partial charge < -0.3 is 0 Å². The smallest absolute Gasteiger partial charge is 0.149 e. The first-order valence-electron chi connectivity index (χ1n) is 3.64. The molecule has 0 aromatic rings. The van der Waals surface area contributed by atoms with Crippen LogP contribution in [0, 0.1) is 22.7 Å². The van der Waals surface area contributed by atoms with Gasteiger partial charge in [-0.2, -0.15) is 10.5 Å². The molecule has 0 N–H and O–H groups in total. The van der Waals surface area contributed by atoms with Gasteiger partial charge in [0, 0.05) is 6.21 Å². The maximum absolute atomic E-state index is 8.49. The van der Waals surface area contributed by atoms with Crippen molar-refractivity contribution in [3.8, 4) is 12.1 Å². The van der Waals surface area contributed by atoms with Crippen molar-refractivity contribution in [1.29, 1.82) is 10.5 Å². The minimum Gasteiger partial charge on any atom is -0.274 e. The lowest BCUT2D eigenvalue weighted by Crippen LogP contribution is -1.98. The third-order valence-electron chi connectivity index (χ3n) is 1.11. The molecule has 0 saturated heterocycles. The van der Waals surface area contributed by atoms with Gasteiger partial charge in [-0.3, -0.25) is 4.99 Å². The molecular formula is C9H11N3. The number of nitrogens with zero attached hydrogens (tertiary/aromatic N) is 3. The highest BCUT2D eigenvalue weighted by atomic mass is 14.8. The van der Waals surface area contributed by atoms with Crippen molar-refractivity contribution < 1.29 is 0 Å². The SMILES string of the molecule is CC(C)=CC=NC(C#N)CC#N. The van der Waals surface area contributed by atoms with Crippen LogP contribution in [0.4, 0.5) is 0 Å². The Hall–Kier alpha value is -1.61. The summed E-state index contributed by atoms with van der Waals surface area (Å²) in [5, 5.41) is 16.8. The largest absolute Gasteiger partial charge is 0.274 e. The molecule has 3 nitrogen and oxygen atoms in total. The van der Waals surface area contributed by atoms with Gasteiger partial charge in [0.1, 0.15) is 6.04 Å². The van der Waals surface area contributed by atoms with E-state index in [1.54, 1.807) is 6.21 Å². The normalized spacial score (nSPS) is 11.7. The quantitative estimate of drug-likeness (QED) is 0.593. The summed E-state index contributed by atoms with van der Waals surface area (Å²) in [6, 6.07) is 3.30. The molecule has 0 aliphatic carbocycles. The van der Waals surface area contributed by atoms with Crippen molar-refractivity contribution in [2.24, 2.45) is 4.99 Å². The molecular weight excluding hydrogens is 150 g/mol. The summed E-state index contributed by atoms with van der Waals surface area (Å²) in [6.07, 6.45) is 3.53. The second kappa shape index (κ2) is 6.12. The molecule has 0 amide bonds. The van der Waals surface area contributed by atoms with Crippen LogP contribution < -0.4 is 0 Å². The van der Waals surface area contributed by atoms with Crippen LogP contribution in [-0.2, 0) is 0 Å². The Kier molecular flexibility index (Phi) is 5.30. The average molecular weight is 161 g/mol. The van der Waals surface area contributed by atoms with Gasteiger partial charge in [0.2, 0.25) is 0 Å². The van der Waals surface area contributed by atoms with E-state index in [0.717, 1.165) is 5.57 Å². The summed E-state index contributed by atoms with van der Waals surface area (Å²) in [4.78, 5) is 3.89. The van der Waals surface area contributed by atoms with Gasteiger partial charge >= 0.3 is 0 Å². The molecule has 0 aromatic carbocycles. The van der Waals surface area contributed by atoms with Gasteiger partial charge in [0.15, 0.2) is 0 Å². The van der Waals surface area contributed by atoms with Crippen LogP contribution in [0.5, 0.6) is 0 Å². The van der Waals surface area contributed by atoms with E-state index < -0.39 is 6.04 Å². The molecule has 0 aliphatic rings. The highest BCUT2D eigenvalue weighted by Crippen LogP contribution is 1.94. The third-order valence-corrected chi connectivity index (χ3v) is 1.11. The van der Waals surface area contributed by atoms with E-state index in [0.29, 0.717) is 0 Å². The molecule has 62 valence electrons. The van der Waals surface area contributed by atoms with Crippen LogP contribution in [0.2, 0.25) is 0 Å². The highest BCUT2D eigenvalue weighted by Gasteiger charge is 1.99. The number of rotatable bonds is 3. The van der Waals surface area contributed by atoms with Crippen LogP contribution in [0.3, 0.4) is 0 Å². The summed E-state index contributed by atoms with van der Waals surface area (Å²) in [5.74, 6) is 0. The maximum Gasteiger partial charge on any atom is 0.149 e. The first-order chi connectivity index (χ1) is 5.70. The number of allylic oxidation sites excluding steroid dienone is 2. The molecule has 0 aliphatic heterocycles. The third kappa shape index (κ3) is 5.20. The van der Waals surface area contributed by atoms with Crippen molar-refractivity contribution in [3.05, 3.63) is 11.6 Å². The fraction of sp³-hybridized carbons (Fsp3) is 0.444. The fourth-order valence-corrected chi connectivity index (χ4v) is 0.514. The van der Waals surface area contributed by atoms with Gasteiger partial charge in [-0.05, 0) is 19.9 Å². The van der Waals surface area contributed by atoms with Crippen molar-refractivity contribution in [2.45, 2.75) is 26.3 Å². The summed E-state index contributed by atoms with van der Waals surface area (Å²) >= 11 is 0. The monoisotopic (exact) mass is 161 g/mol. The van der Waals surface area contributed by atoms with Gasteiger partial charge in [-0.15, -0.1) is 0 Å². The lowest BCUT2D eigenvalue weighted by Gasteiger charge is -1.92. The first-order valence-corrected chi connectivity index (χ1v) is 3.64. The van der Waals surface area contributed by atoms with E-state index in [1.807, 2.05) is 32.1 Å². The van der Waals surface area contributed by atoms with Crippen molar-refractivity contribution in [3.63, 3.8) is 0 Å². The Balaban J connectivity index is 4.06. The number of nitriles is 2. The second-order valence-corrected chi connectivity index (χ2v) is 2.55. The zero-order valence-electron chi connectivity index (χ0n) is 7.28. The van der Waals surface area contributed by atoms with Gasteiger partial charge in [-0.1, -0.05) is 5.57 Å². The topological polar surface area (TPSA) is 59.9 Å². The number of hydrogen-bond acceptors (Lipinski definition) is 3. The molecule has 0 bridgehead atoms. The fourth-order valence-electron chi connectivity index (χ4n) is 0.514. The Morgan fingerprint density at radius 1 is 1.50 bits per heavy atom. The Morgan fingerprint density at radius 3 is 2.58 bits per heavy atom.